The maximum Gasteiger partial charge on any atom is 0.127 e. The average Bonchev–Trinajstić information content (AvgIpc) is 2.59. The first-order valence-electron chi connectivity index (χ1n) is 7.91. The third-order valence-corrected chi connectivity index (χ3v) is 3.89. The van der Waals surface area contributed by atoms with Gasteiger partial charge in [0.1, 0.15) is 29.6 Å². The Morgan fingerprint density at radius 1 is 1.00 bits per heavy atom. The first kappa shape index (κ1) is 19.6. The van der Waals surface area contributed by atoms with E-state index in [0.29, 0.717) is 19.6 Å². The molecule has 0 atom stereocenters. The van der Waals surface area contributed by atoms with Crippen molar-refractivity contribution in [3.05, 3.63) is 70.2 Å². The molecule has 0 aliphatic heterocycles. The van der Waals surface area contributed by atoms with Crippen LogP contribution in [0.2, 0.25) is 0 Å². The van der Waals surface area contributed by atoms with Gasteiger partial charge in [0.15, 0.2) is 0 Å². The Morgan fingerprint density at radius 2 is 1.68 bits per heavy atom. The number of allylic oxidation sites excluding steroid dienone is 1. The van der Waals surface area contributed by atoms with Crippen molar-refractivity contribution in [1.29, 1.82) is 0 Å². The van der Waals surface area contributed by atoms with E-state index in [-0.39, 0.29) is 0 Å². The summed E-state index contributed by atoms with van der Waals surface area (Å²) in [5.41, 5.74) is 1.03. The monoisotopic (exact) mass is 466 g/mol. The van der Waals surface area contributed by atoms with Gasteiger partial charge in [-0.3, -0.25) is 0 Å². The maximum absolute atomic E-state index is 5.92. The summed E-state index contributed by atoms with van der Waals surface area (Å²) in [5.74, 6) is 3.16. The van der Waals surface area contributed by atoms with E-state index in [9.17, 15) is 0 Å². The Labute approximate surface area is 165 Å². The van der Waals surface area contributed by atoms with Crippen LogP contribution in [0.3, 0.4) is 0 Å². The zero-order chi connectivity index (χ0) is 18.1. The molecule has 25 heavy (non-hydrogen) atoms. The molecule has 0 aliphatic rings. The van der Waals surface area contributed by atoms with Crippen molar-refractivity contribution in [2.45, 2.75) is 13.3 Å². The van der Waals surface area contributed by atoms with Crippen LogP contribution in [-0.4, -0.2) is 13.2 Å². The zero-order valence-corrected chi connectivity index (χ0v) is 17.2. The van der Waals surface area contributed by atoms with Crippen LogP contribution >= 0.6 is 31.9 Å². The number of halogens is 2. The predicted octanol–water partition coefficient (Wildman–Crippen LogP) is 6.62. The second-order valence-corrected chi connectivity index (χ2v) is 7.85. The Hall–Kier alpha value is -1.72. The van der Waals surface area contributed by atoms with Crippen LogP contribution in [0.25, 0.3) is 0 Å². The molecular weight excluding hydrogens is 448 g/mol. The summed E-state index contributed by atoms with van der Waals surface area (Å²) in [6, 6.07) is 13.4. The molecule has 2 aromatic carbocycles. The molecule has 0 saturated carbocycles. The number of rotatable bonds is 9. The van der Waals surface area contributed by atoms with Gasteiger partial charge in [0.05, 0.1) is 10.00 Å². The quantitative estimate of drug-likeness (QED) is 0.388. The van der Waals surface area contributed by atoms with E-state index in [0.717, 1.165) is 32.0 Å². The topological polar surface area (TPSA) is 27.7 Å². The van der Waals surface area contributed by atoms with Crippen molar-refractivity contribution in [2.75, 3.05) is 13.2 Å². The second-order valence-electron chi connectivity index (χ2n) is 5.07. The number of benzene rings is 2. The zero-order valence-electron chi connectivity index (χ0n) is 14.0. The van der Waals surface area contributed by atoms with Gasteiger partial charge in [-0.2, -0.15) is 0 Å². The fraction of sp³-hybridized carbons (Fsp3) is 0.200. The lowest BCUT2D eigenvalue weighted by Gasteiger charge is -2.12. The third kappa shape index (κ3) is 6.59. The van der Waals surface area contributed by atoms with E-state index < -0.39 is 0 Å². The minimum atomic E-state index is 0.467. The van der Waals surface area contributed by atoms with E-state index >= 15 is 0 Å². The largest absolute Gasteiger partial charge is 0.494 e. The molecule has 0 aromatic heterocycles. The molecule has 0 bridgehead atoms. The lowest BCUT2D eigenvalue weighted by molar-refractivity contribution is 0.339. The first-order chi connectivity index (χ1) is 12.1. The van der Waals surface area contributed by atoms with E-state index in [1.54, 1.807) is 0 Å². The van der Waals surface area contributed by atoms with Crippen molar-refractivity contribution in [2.24, 2.45) is 0 Å². The minimum absolute atomic E-state index is 0.467. The Balaban J connectivity index is 2.11. The number of hydrogen-bond acceptors (Lipinski definition) is 3. The van der Waals surface area contributed by atoms with Gasteiger partial charge in [-0.1, -0.05) is 6.08 Å². The molecule has 0 radical (unpaired) electrons. The van der Waals surface area contributed by atoms with Crippen molar-refractivity contribution >= 4 is 31.9 Å². The second kappa shape index (κ2) is 10.3. The van der Waals surface area contributed by atoms with Crippen LogP contribution in [0.4, 0.5) is 0 Å². The molecule has 3 nitrogen and oxygen atoms in total. The van der Waals surface area contributed by atoms with Crippen molar-refractivity contribution in [3.63, 3.8) is 0 Å². The van der Waals surface area contributed by atoms with Gasteiger partial charge in [-0.05, 0) is 93.7 Å². The van der Waals surface area contributed by atoms with E-state index in [1.807, 2.05) is 61.5 Å². The normalized spacial score (nSPS) is 10.0. The van der Waals surface area contributed by atoms with Crippen LogP contribution < -0.4 is 14.2 Å². The lowest BCUT2D eigenvalue weighted by Crippen LogP contribution is -1.98. The van der Waals surface area contributed by atoms with Gasteiger partial charge in [-0.25, -0.2) is 0 Å². The van der Waals surface area contributed by atoms with E-state index in [1.165, 1.54) is 0 Å². The smallest absolute Gasteiger partial charge is 0.127 e. The molecule has 2 aromatic rings. The molecule has 0 aliphatic carbocycles. The summed E-state index contributed by atoms with van der Waals surface area (Å²) in [4.78, 5) is 0. The average molecular weight is 468 g/mol. The molecule has 0 N–H and O–H groups in total. The highest BCUT2D eigenvalue weighted by Gasteiger charge is 2.06. The van der Waals surface area contributed by atoms with Crippen molar-refractivity contribution in [3.8, 4) is 23.0 Å². The van der Waals surface area contributed by atoms with Crippen LogP contribution in [0.1, 0.15) is 12.5 Å². The van der Waals surface area contributed by atoms with Gasteiger partial charge >= 0.3 is 0 Å². The minimum Gasteiger partial charge on any atom is -0.494 e. The van der Waals surface area contributed by atoms with Gasteiger partial charge in [-0.15, -0.1) is 6.58 Å². The summed E-state index contributed by atoms with van der Waals surface area (Å²) in [6.07, 6.45) is 4.44. The SMILES string of the molecule is C=CCc1cc(Oc2ccc(OCC)cc2)ccc1OCC=C(Br)Br. The third-order valence-electron chi connectivity index (χ3n) is 3.24. The summed E-state index contributed by atoms with van der Waals surface area (Å²) >= 11 is 6.63. The molecule has 0 fully saturated rings. The standard InChI is InChI=1S/C20H20Br2O3/c1-3-5-15-14-18(10-11-19(15)24-13-12-20(21)22)25-17-8-6-16(7-9-17)23-4-2/h3,6-12,14H,1,4-5,13H2,2H3. The first-order valence-corrected chi connectivity index (χ1v) is 9.49. The number of hydrogen-bond donors (Lipinski definition) is 0. The molecule has 2 rings (SSSR count). The molecule has 0 amide bonds. The van der Waals surface area contributed by atoms with Crippen LogP contribution in [0.5, 0.6) is 23.0 Å². The fourth-order valence-corrected chi connectivity index (χ4v) is 2.44. The summed E-state index contributed by atoms with van der Waals surface area (Å²) in [7, 11) is 0. The Kier molecular flexibility index (Phi) is 8.09. The Bertz CT molecular complexity index is 720. The summed E-state index contributed by atoms with van der Waals surface area (Å²) < 4.78 is 18.0. The van der Waals surface area contributed by atoms with E-state index in [4.69, 9.17) is 14.2 Å². The Morgan fingerprint density at radius 3 is 2.32 bits per heavy atom. The molecule has 0 spiro atoms. The highest BCUT2D eigenvalue weighted by atomic mass is 79.9. The van der Waals surface area contributed by atoms with Crippen molar-refractivity contribution < 1.29 is 14.2 Å². The highest BCUT2D eigenvalue weighted by molar-refractivity contribution is 9.28. The molecule has 5 heteroatoms. The van der Waals surface area contributed by atoms with Gasteiger partial charge in [0, 0.05) is 5.56 Å². The molecule has 0 saturated heterocycles. The maximum atomic E-state index is 5.92. The van der Waals surface area contributed by atoms with E-state index in [2.05, 4.69) is 38.4 Å². The molecular formula is C20H20Br2O3. The summed E-state index contributed by atoms with van der Waals surface area (Å²) in [6.45, 7) is 6.88. The van der Waals surface area contributed by atoms with Gasteiger partial charge < -0.3 is 14.2 Å². The van der Waals surface area contributed by atoms with Crippen LogP contribution in [-0.2, 0) is 6.42 Å². The lowest BCUT2D eigenvalue weighted by atomic mass is 10.1. The number of ether oxygens (including phenoxy) is 3. The van der Waals surface area contributed by atoms with Crippen LogP contribution in [0.15, 0.2) is 64.6 Å². The highest BCUT2D eigenvalue weighted by Crippen LogP contribution is 2.29. The molecule has 0 unspecified atom stereocenters. The van der Waals surface area contributed by atoms with Crippen molar-refractivity contribution in [1.82, 2.24) is 0 Å². The van der Waals surface area contributed by atoms with Gasteiger partial charge in [0.2, 0.25) is 0 Å². The molecule has 0 heterocycles. The summed E-state index contributed by atoms with van der Waals surface area (Å²) in [5, 5.41) is 0. The molecule has 132 valence electrons. The van der Waals surface area contributed by atoms with Gasteiger partial charge in [0.25, 0.3) is 0 Å². The van der Waals surface area contributed by atoms with Crippen LogP contribution in [0, 0.1) is 0 Å². The predicted molar refractivity (Wildman–Crippen MR) is 109 cm³/mol. The fourth-order valence-electron chi connectivity index (χ4n) is 2.18.